The summed E-state index contributed by atoms with van der Waals surface area (Å²) in [5.41, 5.74) is 1.37. The maximum Gasteiger partial charge on any atom is 0.262 e. The Labute approximate surface area is 130 Å². The quantitative estimate of drug-likeness (QED) is 0.911. The molecule has 0 saturated carbocycles. The maximum atomic E-state index is 13.7. The van der Waals surface area contributed by atoms with Gasteiger partial charge >= 0.3 is 0 Å². The number of rotatable bonds is 5. The third kappa shape index (κ3) is 3.39. The number of sulfonamides is 1. The monoisotopic (exact) mass is 323 g/mol. The highest BCUT2D eigenvalue weighted by Gasteiger charge is 2.18. The summed E-state index contributed by atoms with van der Waals surface area (Å²) in [6, 6.07) is 10.7. The lowest BCUT2D eigenvalue weighted by Crippen LogP contribution is -2.15. The fourth-order valence-electron chi connectivity index (χ4n) is 2.11. The standard InChI is InChI=1S/C16H18FNO3S/c1-11(2)13-6-4-5-7-15(13)18-22(19,20)12-8-9-16(21-3)14(17)10-12/h4-11,18H,1-3H3. The molecule has 1 N–H and O–H groups in total. The van der Waals surface area contributed by atoms with Crippen molar-refractivity contribution in [1.82, 2.24) is 0 Å². The summed E-state index contributed by atoms with van der Waals surface area (Å²) in [6.45, 7) is 3.94. The van der Waals surface area contributed by atoms with Gasteiger partial charge in [0.15, 0.2) is 11.6 Å². The van der Waals surface area contributed by atoms with E-state index in [0.717, 1.165) is 11.6 Å². The van der Waals surface area contributed by atoms with Gasteiger partial charge in [0.2, 0.25) is 0 Å². The molecule has 0 unspecified atom stereocenters. The molecule has 2 aromatic carbocycles. The second-order valence-corrected chi connectivity index (χ2v) is 6.83. The van der Waals surface area contributed by atoms with Gasteiger partial charge in [-0.3, -0.25) is 4.72 Å². The van der Waals surface area contributed by atoms with Gasteiger partial charge in [-0.15, -0.1) is 0 Å². The minimum atomic E-state index is -3.86. The molecule has 22 heavy (non-hydrogen) atoms. The van der Waals surface area contributed by atoms with Crippen LogP contribution in [-0.4, -0.2) is 15.5 Å². The molecule has 0 aliphatic carbocycles. The van der Waals surface area contributed by atoms with Gasteiger partial charge in [-0.1, -0.05) is 32.0 Å². The Kier molecular flexibility index (Phi) is 4.71. The number of para-hydroxylation sites is 1. The van der Waals surface area contributed by atoms with Crippen LogP contribution in [0.1, 0.15) is 25.3 Å². The van der Waals surface area contributed by atoms with E-state index in [0.29, 0.717) is 5.69 Å². The van der Waals surface area contributed by atoms with Crippen LogP contribution < -0.4 is 9.46 Å². The summed E-state index contributed by atoms with van der Waals surface area (Å²) >= 11 is 0. The second kappa shape index (κ2) is 6.36. The van der Waals surface area contributed by atoms with Crippen molar-refractivity contribution in [3.63, 3.8) is 0 Å². The van der Waals surface area contributed by atoms with Crippen molar-refractivity contribution in [1.29, 1.82) is 0 Å². The summed E-state index contributed by atoms with van der Waals surface area (Å²) in [7, 11) is -2.54. The molecule has 2 rings (SSSR count). The van der Waals surface area contributed by atoms with E-state index in [1.807, 2.05) is 26.0 Å². The molecule has 2 aromatic rings. The van der Waals surface area contributed by atoms with Crippen molar-refractivity contribution >= 4 is 15.7 Å². The zero-order chi connectivity index (χ0) is 16.3. The summed E-state index contributed by atoms with van der Waals surface area (Å²) in [4.78, 5) is -0.149. The van der Waals surface area contributed by atoms with Crippen LogP contribution in [-0.2, 0) is 10.0 Å². The average molecular weight is 323 g/mol. The van der Waals surface area contributed by atoms with E-state index in [1.54, 1.807) is 12.1 Å². The van der Waals surface area contributed by atoms with Gasteiger partial charge in [0.25, 0.3) is 10.0 Å². The number of ether oxygens (including phenoxy) is 1. The van der Waals surface area contributed by atoms with E-state index >= 15 is 0 Å². The van der Waals surface area contributed by atoms with E-state index < -0.39 is 15.8 Å². The van der Waals surface area contributed by atoms with Crippen molar-refractivity contribution < 1.29 is 17.5 Å². The van der Waals surface area contributed by atoms with Crippen molar-refractivity contribution in [2.75, 3.05) is 11.8 Å². The van der Waals surface area contributed by atoms with Gasteiger partial charge in [-0.25, -0.2) is 12.8 Å². The van der Waals surface area contributed by atoms with Crippen LogP contribution in [0.2, 0.25) is 0 Å². The van der Waals surface area contributed by atoms with Gasteiger partial charge in [-0.05, 0) is 35.7 Å². The van der Waals surface area contributed by atoms with E-state index in [-0.39, 0.29) is 16.6 Å². The van der Waals surface area contributed by atoms with Crippen LogP contribution in [0.4, 0.5) is 10.1 Å². The summed E-state index contributed by atoms with van der Waals surface area (Å²) < 4.78 is 45.8. The van der Waals surface area contributed by atoms with Crippen molar-refractivity contribution in [3.05, 3.63) is 53.8 Å². The van der Waals surface area contributed by atoms with Crippen LogP contribution in [0.5, 0.6) is 5.75 Å². The Morgan fingerprint density at radius 1 is 1.14 bits per heavy atom. The predicted octanol–water partition coefficient (Wildman–Crippen LogP) is 3.76. The van der Waals surface area contributed by atoms with E-state index in [9.17, 15) is 12.8 Å². The number of methoxy groups -OCH3 is 1. The largest absolute Gasteiger partial charge is 0.494 e. The Bertz CT molecular complexity index is 773. The fraction of sp³-hybridized carbons (Fsp3) is 0.250. The van der Waals surface area contributed by atoms with Gasteiger partial charge in [0.1, 0.15) is 0 Å². The minimum Gasteiger partial charge on any atom is -0.494 e. The normalized spacial score (nSPS) is 11.5. The number of benzene rings is 2. The molecule has 0 radical (unpaired) electrons. The summed E-state index contributed by atoms with van der Waals surface area (Å²) in [5, 5.41) is 0. The Balaban J connectivity index is 2.38. The van der Waals surface area contributed by atoms with E-state index in [4.69, 9.17) is 4.74 Å². The first kappa shape index (κ1) is 16.3. The smallest absolute Gasteiger partial charge is 0.262 e. The van der Waals surface area contributed by atoms with Crippen molar-refractivity contribution in [2.24, 2.45) is 0 Å². The number of hydrogen-bond donors (Lipinski definition) is 1. The number of nitrogens with one attached hydrogen (secondary N) is 1. The van der Waals surface area contributed by atoms with Gasteiger partial charge < -0.3 is 4.74 Å². The Morgan fingerprint density at radius 2 is 1.82 bits per heavy atom. The highest BCUT2D eigenvalue weighted by Crippen LogP contribution is 2.27. The predicted molar refractivity (Wildman–Crippen MR) is 84.3 cm³/mol. The second-order valence-electron chi connectivity index (χ2n) is 5.14. The van der Waals surface area contributed by atoms with Crippen LogP contribution in [0.15, 0.2) is 47.4 Å². The average Bonchev–Trinajstić information content (AvgIpc) is 2.47. The summed E-state index contributed by atoms with van der Waals surface area (Å²) in [5.74, 6) is -0.560. The first-order chi connectivity index (χ1) is 10.3. The lowest BCUT2D eigenvalue weighted by atomic mass is 10.0. The van der Waals surface area contributed by atoms with Crippen LogP contribution in [0, 0.1) is 5.82 Å². The van der Waals surface area contributed by atoms with Crippen LogP contribution in [0.3, 0.4) is 0 Å². The topological polar surface area (TPSA) is 55.4 Å². The van der Waals surface area contributed by atoms with Crippen LogP contribution >= 0.6 is 0 Å². The number of halogens is 1. The molecule has 0 aliphatic heterocycles. The first-order valence-electron chi connectivity index (χ1n) is 6.80. The molecule has 118 valence electrons. The van der Waals surface area contributed by atoms with E-state index in [1.165, 1.54) is 19.2 Å². The molecule has 0 saturated heterocycles. The van der Waals surface area contributed by atoms with Gasteiger partial charge in [0.05, 0.1) is 17.7 Å². The maximum absolute atomic E-state index is 13.7. The molecule has 0 heterocycles. The molecule has 0 amide bonds. The molecule has 0 spiro atoms. The molecular formula is C16H18FNO3S. The lowest BCUT2D eigenvalue weighted by molar-refractivity contribution is 0.385. The fourth-order valence-corrected chi connectivity index (χ4v) is 3.21. The molecule has 0 fully saturated rings. The highest BCUT2D eigenvalue weighted by molar-refractivity contribution is 7.92. The van der Waals surface area contributed by atoms with Crippen LogP contribution in [0.25, 0.3) is 0 Å². The Morgan fingerprint density at radius 3 is 2.41 bits per heavy atom. The Hall–Kier alpha value is -2.08. The SMILES string of the molecule is COc1ccc(S(=O)(=O)Nc2ccccc2C(C)C)cc1F. The van der Waals surface area contributed by atoms with Crippen molar-refractivity contribution in [3.8, 4) is 5.75 Å². The molecular weight excluding hydrogens is 305 g/mol. The molecule has 0 atom stereocenters. The molecule has 0 aromatic heterocycles. The minimum absolute atomic E-state index is 0.00142. The van der Waals surface area contributed by atoms with Gasteiger partial charge in [0, 0.05) is 0 Å². The number of hydrogen-bond acceptors (Lipinski definition) is 3. The van der Waals surface area contributed by atoms with Gasteiger partial charge in [-0.2, -0.15) is 0 Å². The molecule has 0 aliphatic rings. The molecule has 6 heteroatoms. The third-order valence-electron chi connectivity index (χ3n) is 3.26. The lowest BCUT2D eigenvalue weighted by Gasteiger charge is -2.15. The van der Waals surface area contributed by atoms with E-state index in [2.05, 4.69) is 4.72 Å². The first-order valence-corrected chi connectivity index (χ1v) is 8.28. The van der Waals surface area contributed by atoms with Crippen molar-refractivity contribution in [2.45, 2.75) is 24.7 Å². The molecule has 0 bridgehead atoms. The third-order valence-corrected chi connectivity index (χ3v) is 4.62. The summed E-state index contributed by atoms with van der Waals surface area (Å²) in [6.07, 6.45) is 0. The number of anilines is 1. The zero-order valence-electron chi connectivity index (χ0n) is 12.6. The highest BCUT2D eigenvalue weighted by atomic mass is 32.2. The zero-order valence-corrected chi connectivity index (χ0v) is 13.4. The molecule has 4 nitrogen and oxygen atoms in total.